The van der Waals surface area contributed by atoms with Gasteiger partial charge in [-0.25, -0.2) is 8.42 Å². The van der Waals surface area contributed by atoms with E-state index in [1.807, 2.05) is 25.1 Å². The third kappa shape index (κ3) is 6.01. The highest BCUT2D eigenvalue weighted by Crippen LogP contribution is 2.30. The van der Waals surface area contributed by atoms with E-state index in [1.165, 1.54) is 6.07 Å². The quantitative estimate of drug-likeness (QED) is 0.279. The molecule has 0 saturated carbocycles. The highest BCUT2D eigenvalue weighted by molar-refractivity contribution is 8.76. The van der Waals surface area contributed by atoms with Crippen LogP contribution in [0.1, 0.15) is 0 Å². The van der Waals surface area contributed by atoms with Crippen LogP contribution in [0, 0.1) is 0 Å². The lowest BCUT2D eigenvalue weighted by molar-refractivity contribution is -0.139. The van der Waals surface area contributed by atoms with Gasteiger partial charge in [-0.05, 0) is 12.1 Å². The molecule has 0 bridgehead atoms. The molecule has 0 fully saturated rings. The molecule has 0 spiro atoms. The first-order valence-electron chi connectivity index (χ1n) is 8.71. The van der Waals surface area contributed by atoms with Crippen molar-refractivity contribution >= 4 is 60.0 Å². The molecule has 12 heteroatoms. The zero-order valence-electron chi connectivity index (χ0n) is 16.3. The molecule has 0 aromatic heterocycles. The minimum absolute atomic E-state index is 0.0134. The van der Waals surface area contributed by atoms with Gasteiger partial charge in [-0.2, -0.15) is 4.72 Å². The Morgan fingerprint density at radius 3 is 2.23 bits per heavy atom. The first kappa shape index (κ1) is 24.3. The van der Waals surface area contributed by atoms with Crippen molar-refractivity contribution in [1.29, 1.82) is 0 Å². The summed E-state index contributed by atoms with van der Waals surface area (Å²) in [7, 11) is 1.68. The zero-order valence-corrected chi connectivity index (χ0v) is 18.8. The number of hydrogen-bond donors (Lipinski definition) is 4. The molecule has 9 nitrogen and oxygen atoms in total. The normalized spacial score (nSPS) is 13.7. The van der Waals surface area contributed by atoms with Crippen LogP contribution in [-0.4, -0.2) is 68.3 Å². The Labute approximate surface area is 182 Å². The molecular formula is C18H23N3O6S3. The highest BCUT2D eigenvalue weighted by Gasteiger charge is 2.27. The van der Waals surface area contributed by atoms with E-state index in [2.05, 4.69) is 4.72 Å². The number of benzene rings is 2. The van der Waals surface area contributed by atoms with E-state index in [-0.39, 0.29) is 16.4 Å². The van der Waals surface area contributed by atoms with E-state index in [1.54, 1.807) is 24.3 Å². The maximum absolute atomic E-state index is 13.0. The first-order valence-corrected chi connectivity index (χ1v) is 12.7. The fourth-order valence-electron chi connectivity index (χ4n) is 2.60. The lowest BCUT2D eigenvalue weighted by atomic mass is 10.1. The second-order valence-electron chi connectivity index (χ2n) is 6.55. The standard InChI is InChI=1S/C18H23N3O6S3/c1-21(2)15-7-3-6-12-11(15)5-4-8-16(12)30(26,27)20-14(18(24)25)10-29-28-9-13(19)17(22)23/h3-8,13-14,20H,9-10,19H2,1-2H3,(H,22,23)(H,24,25)/t13?,14-/m0/s1. The summed E-state index contributed by atoms with van der Waals surface area (Å²) < 4.78 is 28.2. The molecule has 0 amide bonds. The number of sulfonamides is 1. The van der Waals surface area contributed by atoms with Gasteiger partial charge in [0.25, 0.3) is 0 Å². The summed E-state index contributed by atoms with van der Waals surface area (Å²) in [5, 5.41) is 19.4. The molecule has 164 valence electrons. The van der Waals surface area contributed by atoms with Crippen LogP contribution < -0.4 is 15.4 Å². The average molecular weight is 474 g/mol. The molecule has 0 heterocycles. The average Bonchev–Trinajstić information content (AvgIpc) is 2.68. The first-order chi connectivity index (χ1) is 14.0. The Morgan fingerprint density at radius 2 is 1.63 bits per heavy atom. The van der Waals surface area contributed by atoms with E-state index in [9.17, 15) is 23.1 Å². The van der Waals surface area contributed by atoms with Crippen molar-refractivity contribution in [2.24, 2.45) is 5.73 Å². The molecule has 30 heavy (non-hydrogen) atoms. The van der Waals surface area contributed by atoms with Gasteiger partial charge in [-0.15, -0.1) is 0 Å². The number of nitrogens with one attached hydrogen (secondary N) is 1. The Bertz CT molecular complexity index is 1030. The van der Waals surface area contributed by atoms with Gasteiger partial charge in [0.1, 0.15) is 12.1 Å². The van der Waals surface area contributed by atoms with Crippen molar-refractivity contribution in [1.82, 2.24) is 4.72 Å². The predicted octanol–water partition coefficient (Wildman–Crippen LogP) is 1.43. The minimum atomic E-state index is -4.13. The van der Waals surface area contributed by atoms with Crippen LogP contribution in [0.4, 0.5) is 5.69 Å². The van der Waals surface area contributed by atoms with Crippen LogP contribution in [0.25, 0.3) is 10.8 Å². The molecular weight excluding hydrogens is 450 g/mol. The van der Waals surface area contributed by atoms with Crippen LogP contribution >= 0.6 is 21.6 Å². The summed E-state index contributed by atoms with van der Waals surface area (Å²) in [4.78, 5) is 24.1. The predicted molar refractivity (Wildman–Crippen MR) is 121 cm³/mol. The number of aliphatic carboxylic acids is 2. The van der Waals surface area contributed by atoms with E-state index in [0.717, 1.165) is 32.7 Å². The molecule has 2 aromatic carbocycles. The zero-order chi connectivity index (χ0) is 22.5. The Hall–Kier alpha value is -1.99. The fraction of sp³-hybridized carbons (Fsp3) is 0.333. The monoisotopic (exact) mass is 473 g/mol. The fourth-order valence-corrected chi connectivity index (χ4v) is 6.39. The molecule has 0 aliphatic carbocycles. The lowest BCUT2D eigenvalue weighted by Gasteiger charge is -2.18. The molecule has 2 aromatic rings. The number of hydrogen-bond acceptors (Lipinski definition) is 8. The second-order valence-corrected chi connectivity index (χ2v) is 10.8. The Balaban J connectivity index is 2.22. The van der Waals surface area contributed by atoms with Crippen LogP contribution in [0.15, 0.2) is 41.3 Å². The van der Waals surface area contributed by atoms with Crippen LogP contribution in [0.3, 0.4) is 0 Å². The molecule has 1 unspecified atom stereocenters. The van der Waals surface area contributed by atoms with Crippen LogP contribution in [0.2, 0.25) is 0 Å². The van der Waals surface area contributed by atoms with Crippen molar-refractivity contribution in [3.8, 4) is 0 Å². The van der Waals surface area contributed by atoms with E-state index in [0.29, 0.717) is 5.39 Å². The number of anilines is 1. The van der Waals surface area contributed by atoms with Gasteiger partial charge < -0.3 is 20.8 Å². The number of fused-ring (bicyclic) bond motifs is 1. The number of carboxylic acid groups (broad SMARTS) is 2. The number of nitrogens with zero attached hydrogens (tertiary/aromatic N) is 1. The van der Waals surface area contributed by atoms with Crippen molar-refractivity contribution < 1.29 is 28.2 Å². The minimum Gasteiger partial charge on any atom is -0.480 e. The molecule has 0 radical (unpaired) electrons. The van der Waals surface area contributed by atoms with Crippen LogP contribution in [-0.2, 0) is 19.6 Å². The summed E-state index contributed by atoms with van der Waals surface area (Å²) in [6, 6.07) is 7.64. The van der Waals surface area contributed by atoms with Gasteiger partial charge in [0.05, 0.1) is 4.90 Å². The van der Waals surface area contributed by atoms with E-state index < -0.39 is 34.0 Å². The van der Waals surface area contributed by atoms with E-state index >= 15 is 0 Å². The third-order valence-corrected chi connectivity index (χ3v) is 8.09. The summed E-state index contributed by atoms with van der Waals surface area (Å²) in [6.45, 7) is 0. The summed E-state index contributed by atoms with van der Waals surface area (Å²) in [5.74, 6) is -2.52. The molecule has 0 saturated heterocycles. The van der Waals surface area contributed by atoms with Gasteiger partial charge in [0.2, 0.25) is 10.0 Å². The maximum Gasteiger partial charge on any atom is 0.322 e. The van der Waals surface area contributed by atoms with Crippen LogP contribution in [0.5, 0.6) is 0 Å². The van der Waals surface area contributed by atoms with Gasteiger partial charge in [0.15, 0.2) is 0 Å². The molecule has 2 atom stereocenters. The van der Waals surface area contributed by atoms with Gasteiger partial charge >= 0.3 is 11.9 Å². The van der Waals surface area contributed by atoms with E-state index in [4.69, 9.17) is 10.8 Å². The number of carbonyl (C=O) groups is 2. The second kappa shape index (κ2) is 10.4. The van der Waals surface area contributed by atoms with Crippen molar-refractivity contribution in [3.05, 3.63) is 36.4 Å². The van der Waals surface area contributed by atoms with Gasteiger partial charge in [-0.3, -0.25) is 9.59 Å². The smallest absolute Gasteiger partial charge is 0.322 e. The summed E-state index contributed by atoms with van der Waals surface area (Å²) >= 11 is 0. The van der Waals surface area contributed by atoms with Gasteiger partial charge in [0, 0.05) is 42.1 Å². The maximum atomic E-state index is 13.0. The third-order valence-electron chi connectivity index (χ3n) is 4.11. The topological polar surface area (TPSA) is 150 Å². The molecule has 2 rings (SSSR count). The van der Waals surface area contributed by atoms with Gasteiger partial charge in [-0.1, -0.05) is 45.9 Å². The van der Waals surface area contributed by atoms with Crippen molar-refractivity contribution in [2.75, 3.05) is 30.5 Å². The highest BCUT2D eigenvalue weighted by atomic mass is 33.1. The molecule has 0 aliphatic heterocycles. The molecule has 0 aliphatic rings. The SMILES string of the molecule is CN(C)c1cccc2c(S(=O)(=O)N[C@@H](CSSCC(N)C(=O)O)C(=O)O)cccc12. The summed E-state index contributed by atoms with van der Waals surface area (Å²) in [6.07, 6.45) is 0. The largest absolute Gasteiger partial charge is 0.480 e. The van der Waals surface area contributed by atoms with Crippen molar-refractivity contribution in [3.63, 3.8) is 0 Å². The summed E-state index contributed by atoms with van der Waals surface area (Å²) in [5.41, 5.74) is 6.23. The lowest BCUT2D eigenvalue weighted by Crippen LogP contribution is -2.42. The Morgan fingerprint density at radius 1 is 1.03 bits per heavy atom. The molecule has 5 N–H and O–H groups in total. The number of nitrogens with two attached hydrogens (primary N) is 1. The van der Waals surface area contributed by atoms with Crippen molar-refractivity contribution in [2.45, 2.75) is 17.0 Å². The number of rotatable bonds is 11. The number of carboxylic acids is 2. The Kier molecular flexibility index (Phi) is 8.38.